The molecule has 28 heavy (non-hydrogen) atoms. The third kappa shape index (κ3) is 4.35. The Bertz CT molecular complexity index is 514. The van der Waals surface area contributed by atoms with Crippen molar-refractivity contribution >= 4 is 23.2 Å². The smallest absolute Gasteiger partial charge is 0.349 e. The Labute approximate surface area is 174 Å². The molecular weight excluding hydrogens is 388 g/mol. The predicted molar refractivity (Wildman–Crippen MR) is 117 cm³/mol. The first kappa shape index (κ1) is 24.2. The number of carbonyl (C=O) groups is 1. The summed E-state index contributed by atoms with van der Waals surface area (Å²) in [5.41, 5.74) is 0. The fourth-order valence-electron chi connectivity index (χ4n) is 5.08. The minimum atomic E-state index is -2.55. The van der Waals surface area contributed by atoms with E-state index in [0.29, 0.717) is 13.0 Å². The van der Waals surface area contributed by atoms with Gasteiger partial charge in [-0.3, -0.25) is 0 Å². The third-order valence-electron chi connectivity index (χ3n) is 6.79. The van der Waals surface area contributed by atoms with E-state index in [2.05, 4.69) is 62.3 Å². The molecule has 2 aliphatic heterocycles. The normalized spacial score (nSPS) is 31.3. The summed E-state index contributed by atoms with van der Waals surface area (Å²) in [5.74, 6) is 0. The van der Waals surface area contributed by atoms with Crippen molar-refractivity contribution in [2.24, 2.45) is 0 Å². The van der Waals surface area contributed by atoms with Gasteiger partial charge in [-0.05, 0) is 18.1 Å². The number of fused-ring (bicyclic) bond motifs is 1. The molecule has 2 fully saturated rings. The van der Waals surface area contributed by atoms with E-state index >= 15 is 0 Å². The predicted octanol–water partition coefficient (Wildman–Crippen LogP) is 5.19. The number of aldehydes is 1. The lowest BCUT2D eigenvalue weighted by Gasteiger charge is -2.56. The highest BCUT2D eigenvalue weighted by atomic mass is 28.4. The molecule has 164 valence electrons. The Morgan fingerprint density at radius 1 is 1.00 bits per heavy atom. The molecule has 0 aliphatic carbocycles. The van der Waals surface area contributed by atoms with Crippen molar-refractivity contribution in [3.05, 3.63) is 0 Å². The van der Waals surface area contributed by atoms with Crippen molar-refractivity contribution in [2.45, 2.75) is 121 Å². The Morgan fingerprint density at radius 2 is 1.54 bits per heavy atom. The number of rotatable bonds is 6. The number of ether oxygens (including phenoxy) is 1. The lowest BCUT2D eigenvalue weighted by atomic mass is 9.99. The molecule has 0 unspecified atom stereocenters. The zero-order valence-electron chi connectivity index (χ0n) is 19.5. The maximum absolute atomic E-state index is 11.8. The highest BCUT2D eigenvalue weighted by Gasteiger charge is 2.63. The quantitative estimate of drug-likeness (QED) is 0.429. The second-order valence-electron chi connectivity index (χ2n) is 10.5. The molecule has 0 aromatic heterocycles. The minimum Gasteiger partial charge on any atom is -0.411 e. The van der Waals surface area contributed by atoms with Crippen LogP contribution < -0.4 is 0 Å². The molecule has 4 atom stereocenters. The van der Waals surface area contributed by atoms with E-state index in [1.165, 1.54) is 0 Å². The van der Waals surface area contributed by atoms with Crippen LogP contribution in [0.3, 0.4) is 0 Å². The van der Waals surface area contributed by atoms with Crippen molar-refractivity contribution in [3.63, 3.8) is 0 Å². The van der Waals surface area contributed by atoms with Crippen molar-refractivity contribution < 1.29 is 22.8 Å². The van der Waals surface area contributed by atoms with E-state index in [0.717, 1.165) is 24.4 Å². The van der Waals surface area contributed by atoms with Crippen molar-refractivity contribution in [1.29, 1.82) is 0 Å². The van der Waals surface area contributed by atoms with Crippen LogP contribution in [0.1, 0.15) is 68.7 Å². The monoisotopic (exact) mass is 430 g/mol. The number of hydrogen-bond donors (Lipinski definition) is 0. The van der Waals surface area contributed by atoms with Gasteiger partial charge in [-0.1, -0.05) is 62.3 Å². The second-order valence-corrected chi connectivity index (χ2v) is 20.0. The van der Waals surface area contributed by atoms with E-state index in [-0.39, 0.29) is 28.4 Å². The van der Waals surface area contributed by atoms with Gasteiger partial charge in [0.05, 0.1) is 18.8 Å². The average molecular weight is 431 g/mol. The molecule has 0 aromatic carbocycles. The first-order chi connectivity index (χ1) is 12.9. The fraction of sp³-hybridized carbons (Fsp3) is 0.952. The summed E-state index contributed by atoms with van der Waals surface area (Å²) in [6, 6.07) is 3.18. The lowest BCUT2D eigenvalue weighted by molar-refractivity contribution is -0.192. The largest absolute Gasteiger partial charge is 0.411 e. The molecule has 2 saturated heterocycles. The molecular formula is C21H42O5Si2. The topological polar surface area (TPSA) is 54.0 Å². The first-order valence-corrected chi connectivity index (χ1v) is 15.3. The minimum absolute atomic E-state index is 0.0666. The molecule has 0 amide bonds. The molecule has 7 heteroatoms. The van der Waals surface area contributed by atoms with Crippen LogP contribution in [0.15, 0.2) is 0 Å². The fourth-order valence-corrected chi connectivity index (χ4v) is 12.9. The average Bonchev–Trinajstić information content (AvgIpc) is 2.63. The summed E-state index contributed by atoms with van der Waals surface area (Å²) in [6.45, 7) is 20.5. The molecule has 0 aromatic rings. The van der Waals surface area contributed by atoms with Crippen molar-refractivity contribution in [1.82, 2.24) is 0 Å². The van der Waals surface area contributed by atoms with Crippen LogP contribution in [-0.4, -0.2) is 54.2 Å². The third-order valence-corrected chi connectivity index (χ3v) is 16.6. The zero-order chi connectivity index (χ0) is 21.4. The molecule has 0 saturated carbocycles. The summed E-state index contributed by atoms with van der Waals surface area (Å²) in [6.07, 6.45) is 0.623. The maximum Gasteiger partial charge on any atom is 0.349 e. The van der Waals surface area contributed by atoms with E-state index in [1.54, 1.807) is 0 Å². The van der Waals surface area contributed by atoms with Crippen molar-refractivity contribution in [3.8, 4) is 0 Å². The Balaban J connectivity index is 2.29. The van der Waals surface area contributed by atoms with Crippen LogP contribution >= 0.6 is 0 Å². The van der Waals surface area contributed by atoms with Crippen LogP contribution in [0.4, 0.5) is 0 Å². The van der Waals surface area contributed by atoms with Crippen LogP contribution in [-0.2, 0) is 22.8 Å². The van der Waals surface area contributed by atoms with Gasteiger partial charge in [0.15, 0.2) is 14.6 Å². The van der Waals surface area contributed by atoms with Gasteiger partial charge in [0.1, 0.15) is 12.2 Å². The van der Waals surface area contributed by atoms with Crippen LogP contribution in [0.25, 0.3) is 0 Å². The first-order valence-electron chi connectivity index (χ1n) is 11.0. The molecule has 0 radical (unpaired) electrons. The molecule has 2 rings (SSSR count). The van der Waals surface area contributed by atoms with Crippen LogP contribution in [0.2, 0.25) is 28.2 Å². The molecule has 2 aliphatic rings. The molecule has 0 N–H and O–H groups in total. The Hall–Kier alpha value is -0.0562. The van der Waals surface area contributed by atoms with Gasteiger partial charge in [0, 0.05) is 16.5 Å². The number of hydrogen-bond acceptors (Lipinski definition) is 5. The summed E-state index contributed by atoms with van der Waals surface area (Å²) >= 11 is 0. The van der Waals surface area contributed by atoms with Gasteiger partial charge in [0.2, 0.25) is 0 Å². The summed E-state index contributed by atoms with van der Waals surface area (Å²) in [7, 11) is -4.39. The van der Waals surface area contributed by atoms with Gasteiger partial charge in [-0.15, -0.1) is 0 Å². The highest BCUT2D eigenvalue weighted by molar-refractivity contribution is 6.74. The van der Waals surface area contributed by atoms with E-state index in [9.17, 15) is 4.79 Å². The highest BCUT2D eigenvalue weighted by Crippen LogP contribution is 2.55. The maximum atomic E-state index is 11.8. The van der Waals surface area contributed by atoms with E-state index in [1.807, 2.05) is 0 Å². The SMILES string of the molecule is CC[Si](CC)(CC)O[C@@H]1C[C@@H]2O[Si](C(C)(C)C)(C(C)(C)C)OC[C@H]2O[C@H]1C=O. The zero-order valence-corrected chi connectivity index (χ0v) is 21.5. The Kier molecular flexibility index (Phi) is 7.43. The van der Waals surface area contributed by atoms with Gasteiger partial charge in [-0.2, -0.15) is 0 Å². The van der Waals surface area contributed by atoms with Crippen molar-refractivity contribution in [2.75, 3.05) is 6.61 Å². The molecule has 0 spiro atoms. The van der Waals surface area contributed by atoms with Gasteiger partial charge < -0.3 is 22.8 Å². The van der Waals surface area contributed by atoms with Crippen LogP contribution in [0, 0.1) is 0 Å². The Morgan fingerprint density at radius 3 is 1.96 bits per heavy atom. The van der Waals surface area contributed by atoms with Crippen LogP contribution in [0.5, 0.6) is 0 Å². The summed E-state index contributed by atoms with van der Waals surface area (Å²) in [4.78, 5) is 11.8. The second kappa shape index (κ2) is 8.59. The molecule has 0 bridgehead atoms. The number of carbonyl (C=O) groups excluding carboxylic acids is 1. The van der Waals surface area contributed by atoms with Gasteiger partial charge >= 0.3 is 8.56 Å². The molecule has 5 nitrogen and oxygen atoms in total. The summed E-state index contributed by atoms with van der Waals surface area (Å²) < 4.78 is 26.2. The standard InChI is InChI=1S/C21H42O5Si2/c1-10-27(11-2,12-3)25-16-13-17-19(24-18(16)14-22)15-23-28(26-17,20(4,5)6)21(7,8)9/h14,16-19H,10-13,15H2,1-9H3/t16-,17+,18+,19-/m1/s1. The molecule has 2 heterocycles. The summed E-state index contributed by atoms with van der Waals surface area (Å²) in [5, 5.41) is -0.133. The van der Waals surface area contributed by atoms with Gasteiger partial charge in [-0.25, -0.2) is 0 Å². The van der Waals surface area contributed by atoms with Gasteiger partial charge in [0.25, 0.3) is 0 Å². The van der Waals surface area contributed by atoms with E-state index < -0.39 is 23.0 Å². The lowest BCUT2D eigenvalue weighted by Crippen LogP contribution is -2.68. The van der Waals surface area contributed by atoms with E-state index in [4.69, 9.17) is 18.0 Å².